The van der Waals surface area contributed by atoms with E-state index in [4.69, 9.17) is 0 Å². The molecule has 0 radical (unpaired) electrons. The molecular weight excluding hydrogens is 264 g/mol. The molecule has 2 rings (SSSR count). The molecule has 21 heavy (non-hydrogen) atoms. The molecule has 1 unspecified atom stereocenters. The van der Waals surface area contributed by atoms with Crippen molar-refractivity contribution in [1.82, 2.24) is 14.9 Å². The summed E-state index contributed by atoms with van der Waals surface area (Å²) in [6.07, 6.45) is 5.09. The van der Waals surface area contributed by atoms with Crippen LogP contribution in [0.5, 0.6) is 0 Å². The number of rotatable bonds is 5. The van der Waals surface area contributed by atoms with Crippen LogP contribution in [0.1, 0.15) is 31.1 Å². The van der Waals surface area contributed by atoms with E-state index in [9.17, 15) is 4.79 Å². The van der Waals surface area contributed by atoms with E-state index >= 15 is 0 Å². The van der Waals surface area contributed by atoms with Gasteiger partial charge in [-0.3, -0.25) is 14.8 Å². The summed E-state index contributed by atoms with van der Waals surface area (Å²) in [5.41, 5.74) is 2.96. The summed E-state index contributed by atoms with van der Waals surface area (Å²) in [5, 5.41) is 3.43. The van der Waals surface area contributed by atoms with Crippen LogP contribution < -0.4 is 5.32 Å². The summed E-state index contributed by atoms with van der Waals surface area (Å²) < 4.78 is 0. The maximum atomic E-state index is 11.4. The molecule has 1 N–H and O–H groups in total. The molecule has 1 aromatic heterocycles. The molecule has 0 aliphatic heterocycles. The van der Waals surface area contributed by atoms with Gasteiger partial charge in [0.25, 0.3) is 0 Å². The summed E-state index contributed by atoms with van der Waals surface area (Å²) in [7, 11) is 1.80. The van der Waals surface area contributed by atoms with Gasteiger partial charge in [0.2, 0.25) is 5.91 Å². The molecule has 0 saturated carbocycles. The van der Waals surface area contributed by atoms with E-state index in [1.807, 2.05) is 31.2 Å². The molecule has 2 aromatic rings. The highest BCUT2D eigenvalue weighted by Gasteiger charge is 2.11. The molecule has 0 fully saturated rings. The lowest BCUT2D eigenvalue weighted by Crippen LogP contribution is -2.23. The number of carbonyl (C=O) groups excluding carboxylic acids is 1. The Balaban J connectivity index is 2.15. The fourth-order valence-electron chi connectivity index (χ4n) is 2.01. The summed E-state index contributed by atoms with van der Waals surface area (Å²) in [6.45, 7) is 4.18. The van der Waals surface area contributed by atoms with Crippen molar-refractivity contribution in [1.29, 1.82) is 0 Å². The molecule has 1 aromatic carbocycles. The van der Waals surface area contributed by atoms with Crippen LogP contribution in [0.2, 0.25) is 0 Å². The first-order valence-corrected chi connectivity index (χ1v) is 6.90. The molecule has 0 aliphatic carbocycles. The number of anilines is 1. The lowest BCUT2D eigenvalue weighted by atomic mass is 10.1. The smallest absolute Gasteiger partial charge is 0.219 e. The number of para-hydroxylation sites is 1. The SMILES string of the molecule is CC(=O)N(C)Cc1ccccc1NC(C)c1cnccn1. The standard InChI is InChI=1S/C16H20N4O/c1-12(16-10-17-8-9-18-16)19-15-7-5-4-6-14(15)11-20(3)13(2)21/h4-10,12,19H,11H2,1-3H3. The topological polar surface area (TPSA) is 58.1 Å². The van der Waals surface area contributed by atoms with Gasteiger partial charge in [-0.2, -0.15) is 0 Å². The van der Waals surface area contributed by atoms with Gasteiger partial charge in [0.1, 0.15) is 0 Å². The van der Waals surface area contributed by atoms with E-state index in [0.717, 1.165) is 16.9 Å². The Bertz CT molecular complexity index is 600. The Kier molecular flexibility index (Phi) is 4.87. The monoisotopic (exact) mass is 284 g/mol. The fraction of sp³-hybridized carbons (Fsp3) is 0.312. The van der Waals surface area contributed by atoms with Crippen molar-refractivity contribution in [2.24, 2.45) is 0 Å². The predicted molar refractivity (Wildman–Crippen MR) is 82.7 cm³/mol. The zero-order chi connectivity index (χ0) is 15.2. The zero-order valence-corrected chi connectivity index (χ0v) is 12.6. The molecule has 1 heterocycles. The van der Waals surface area contributed by atoms with Crippen LogP contribution in [0.3, 0.4) is 0 Å². The number of carbonyl (C=O) groups is 1. The number of hydrogen-bond donors (Lipinski definition) is 1. The van der Waals surface area contributed by atoms with Gasteiger partial charge in [0.05, 0.1) is 17.9 Å². The Morgan fingerprint density at radius 3 is 2.76 bits per heavy atom. The van der Waals surface area contributed by atoms with Crippen molar-refractivity contribution in [3.05, 3.63) is 54.1 Å². The van der Waals surface area contributed by atoms with Crippen molar-refractivity contribution >= 4 is 11.6 Å². The van der Waals surface area contributed by atoms with Crippen LogP contribution in [-0.4, -0.2) is 27.8 Å². The lowest BCUT2D eigenvalue weighted by molar-refractivity contribution is -0.128. The molecule has 1 atom stereocenters. The van der Waals surface area contributed by atoms with E-state index < -0.39 is 0 Å². The van der Waals surface area contributed by atoms with Gasteiger partial charge in [-0.15, -0.1) is 0 Å². The van der Waals surface area contributed by atoms with Gasteiger partial charge in [-0.25, -0.2) is 0 Å². The normalized spacial score (nSPS) is 11.8. The largest absolute Gasteiger partial charge is 0.377 e. The van der Waals surface area contributed by atoms with Gasteiger partial charge in [-0.1, -0.05) is 18.2 Å². The first kappa shape index (κ1) is 15.0. The lowest BCUT2D eigenvalue weighted by Gasteiger charge is -2.20. The Labute approximate surface area is 125 Å². The number of nitrogens with one attached hydrogen (secondary N) is 1. The summed E-state index contributed by atoms with van der Waals surface area (Å²) in [5.74, 6) is 0.0479. The van der Waals surface area contributed by atoms with E-state index in [1.54, 1.807) is 37.5 Å². The summed E-state index contributed by atoms with van der Waals surface area (Å²) in [4.78, 5) is 21.5. The van der Waals surface area contributed by atoms with E-state index in [2.05, 4.69) is 15.3 Å². The van der Waals surface area contributed by atoms with E-state index in [1.165, 1.54) is 0 Å². The van der Waals surface area contributed by atoms with Crippen LogP contribution in [0.15, 0.2) is 42.9 Å². The first-order chi connectivity index (χ1) is 10.1. The van der Waals surface area contributed by atoms with Gasteiger partial charge in [-0.05, 0) is 18.6 Å². The van der Waals surface area contributed by atoms with Crippen molar-refractivity contribution < 1.29 is 4.79 Å². The highest BCUT2D eigenvalue weighted by molar-refractivity contribution is 5.73. The van der Waals surface area contributed by atoms with Gasteiger partial charge in [0.15, 0.2) is 0 Å². The summed E-state index contributed by atoms with van der Waals surface area (Å²) >= 11 is 0. The zero-order valence-electron chi connectivity index (χ0n) is 12.6. The maximum absolute atomic E-state index is 11.4. The number of amides is 1. The van der Waals surface area contributed by atoms with Crippen LogP contribution in [0, 0.1) is 0 Å². The molecule has 110 valence electrons. The Hall–Kier alpha value is -2.43. The molecular formula is C16H20N4O. The van der Waals surface area contributed by atoms with Crippen LogP contribution in [0.25, 0.3) is 0 Å². The predicted octanol–water partition coefficient (Wildman–Crippen LogP) is 2.63. The second-order valence-electron chi connectivity index (χ2n) is 5.03. The molecule has 0 aliphatic rings. The third-order valence-corrected chi connectivity index (χ3v) is 3.36. The highest BCUT2D eigenvalue weighted by atomic mass is 16.2. The molecule has 5 nitrogen and oxygen atoms in total. The van der Waals surface area contributed by atoms with Gasteiger partial charge >= 0.3 is 0 Å². The summed E-state index contributed by atoms with van der Waals surface area (Å²) in [6, 6.07) is 8.02. The second kappa shape index (κ2) is 6.83. The van der Waals surface area contributed by atoms with Crippen LogP contribution >= 0.6 is 0 Å². The quantitative estimate of drug-likeness (QED) is 0.917. The average molecular weight is 284 g/mol. The number of hydrogen-bond acceptors (Lipinski definition) is 4. The number of nitrogens with zero attached hydrogens (tertiary/aromatic N) is 3. The fourth-order valence-corrected chi connectivity index (χ4v) is 2.01. The number of aromatic nitrogens is 2. The third kappa shape index (κ3) is 4.02. The van der Waals surface area contributed by atoms with Crippen molar-refractivity contribution in [2.75, 3.05) is 12.4 Å². The Morgan fingerprint density at radius 2 is 2.10 bits per heavy atom. The molecule has 0 spiro atoms. The number of benzene rings is 1. The van der Waals surface area contributed by atoms with E-state index in [-0.39, 0.29) is 11.9 Å². The minimum absolute atomic E-state index is 0.0440. The van der Waals surface area contributed by atoms with Crippen molar-refractivity contribution in [3.63, 3.8) is 0 Å². The molecule has 5 heteroatoms. The van der Waals surface area contributed by atoms with Crippen LogP contribution in [0.4, 0.5) is 5.69 Å². The maximum Gasteiger partial charge on any atom is 0.219 e. The van der Waals surface area contributed by atoms with Crippen molar-refractivity contribution in [2.45, 2.75) is 26.4 Å². The van der Waals surface area contributed by atoms with E-state index in [0.29, 0.717) is 6.54 Å². The third-order valence-electron chi connectivity index (χ3n) is 3.36. The van der Waals surface area contributed by atoms with Gasteiger partial charge < -0.3 is 10.2 Å². The van der Waals surface area contributed by atoms with Crippen molar-refractivity contribution in [3.8, 4) is 0 Å². The second-order valence-corrected chi connectivity index (χ2v) is 5.03. The minimum Gasteiger partial charge on any atom is -0.377 e. The molecule has 0 saturated heterocycles. The van der Waals surface area contributed by atoms with Gasteiger partial charge in [0, 0.05) is 38.6 Å². The average Bonchev–Trinajstić information content (AvgIpc) is 2.50. The Morgan fingerprint density at radius 1 is 1.33 bits per heavy atom. The first-order valence-electron chi connectivity index (χ1n) is 6.90. The molecule has 0 bridgehead atoms. The van der Waals surface area contributed by atoms with Crippen LogP contribution in [-0.2, 0) is 11.3 Å². The highest BCUT2D eigenvalue weighted by Crippen LogP contribution is 2.22. The molecule has 1 amide bonds. The minimum atomic E-state index is 0.0440.